The maximum absolute atomic E-state index is 6.25. The molecule has 0 aliphatic heterocycles. The van der Waals surface area contributed by atoms with Gasteiger partial charge in [0.05, 0.1) is 0 Å². The molecule has 63 valence electrons. The van der Waals surface area contributed by atoms with Gasteiger partial charge in [-0.25, -0.2) is 0 Å². The fraction of sp³-hybridized carbons (Fsp3) is 0. The van der Waals surface area contributed by atoms with Gasteiger partial charge in [-0.05, 0) is 0 Å². The van der Waals surface area contributed by atoms with Crippen LogP contribution in [0.5, 0.6) is 0 Å². The first-order chi connectivity index (χ1) is 6.00. The zero-order valence-corrected chi connectivity index (χ0v) is 12.7. The molecule has 0 fully saturated rings. The summed E-state index contributed by atoms with van der Waals surface area (Å²) in [5, 5.41) is 37.5. The van der Waals surface area contributed by atoms with Crippen LogP contribution in [0.25, 0.3) is 0 Å². The van der Waals surface area contributed by atoms with Crippen molar-refractivity contribution in [1.29, 1.82) is 31.6 Å². The molecule has 0 heterocycles. The van der Waals surface area contributed by atoms with Gasteiger partial charge in [0.1, 0.15) is 0 Å². The Hall–Kier alpha value is -0.787. The molecule has 0 aromatic heterocycles. The van der Waals surface area contributed by atoms with E-state index in [1.54, 1.807) is 0 Å². The van der Waals surface area contributed by atoms with Gasteiger partial charge in [0.15, 0.2) is 0 Å². The number of nitrogens with zero attached hydrogens (tertiary/aromatic N) is 6. The second-order valence-electron chi connectivity index (χ2n) is 0. The summed E-state index contributed by atoms with van der Waals surface area (Å²) in [5.74, 6) is 0. The fourth-order valence-electron chi connectivity index (χ4n) is 0. The standard InChI is InChI=1S/6CN.K.Os/c6*1-2;;/q6*-1;;+6. The van der Waals surface area contributed by atoms with E-state index in [9.17, 15) is 0 Å². The van der Waals surface area contributed by atoms with Gasteiger partial charge in [-0.15, -0.1) is 0 Å². The molecule has 0 saturated heterocycles. The van der Waals surface area contributed by atoms with E-state index < -0.39 is 0 Å². The molecule has 0 saturated carbocycles. The Bertz CT molecular complexity index is 97.3. The van der Waals surface area contributed by atoms with Crippen LogP contribution in [0.3, 0.4) is 0 Å². The second kappa shape index (κ2) is 2480. The fourth-order valence-corrected chi connectivity index (χ4v) is 0. The topological polar surface area (TPSA) is 143 Å². The summed E-state index contributed by atoms with van der Waals surface area (Å²) in [6, 6.07) is 0. The molecule has 0 unspecified atom stereocenters. The molecule has 0 rings (SSSR count). The van der Waals surface area contributed by atoms with Crippen molar-refractivity contribution in [2.24, 2.45) is 0 Å². The summed E-state index contributed by atoms with van der Waals surface area (Å²) in [6.45, 7) is 28.5. The van der Waals surface area contributed by atoms with Crippen molar-refractivity contribution in [2.45, 2.75) is 0 Å². The smallest absolute Gasteiger partial charge is 0.512 e. The number of hydrogen-bond acceptors (Lipinski definition) is 6. The van der Waals surface area contributed by atoms with Crippen LogP contribution in [0.2, 0.25) is 0 Å². The van der Waals surface area contributed by atoms with Crippen LogP contribution in [0, 0.1) is 71.0 Å². The first-order valence-corrected chi connectivity index (χ1v) is 1.34. The molecule has 0 spiro atoms. The van der Waals surface area contributed by atoms with Gasteiger partial charge in [-0.2, -0.15) is 0 Å². The maximum Gasteiger partial charge on any atom is 6.00 e. The zero-order chi connectivity index (χ0) is 12.0. The van der Waals surface area contributed by atoms with Crippen molar-refractivity contribution >= 4 is 51.4 Å². The normalized spacial score (nSPS) is 0.857. The van der Waals surface area contributed by atoms with Crippen molar-refractivity contribution in [2.75, 3.05) is 0 Å². The molecular weight excluding hydrogens is 385 g/mol. The third-order valence-electron chi connectivity index (χ3n) is 0. The van der Waals surface area contributed by atoms with E-state index in [0.29, 0.717) is 0 Å². The Morgan fingerprint density at radius 2 is 0.357 bits per heavy atom. The van der Waals surface area contributed by atoms with Gasteiger partial charge in [-0.1, -0.05) is 0 Å². The molecule has 0 atom stereocenters. The van der Waals surface area contributed by atoms with Gasteiger partial charge in [-0.3, -0.25) is 0 Å². The van der Waals surface area contributed by atoms with Crippen molar-refractivity contribution in [3.05, 3.63) is 39.4 Å². The van der Waals surface area contributed by atoms with Crippen molar-refractivity contribution in [1.82, 2.24) is 0 Å². The predicted octanol–water partition coefficient (Wildman–Crippen LogP) is 0.195. The molecular formula is C6KN6Os. The molecule has 8 heteroatoms. The van der Waals surface area contributed by atoms with Crippen LogP contribution in [-0.4, -0.2) is 51.4 Å². The third-order valence-corrected chi connectivity index (χ3v) is 0. The van der Waals surface area contributed by atoms with E-state index in [2.05, 4.69) is 0 Å². The van der Waals surface area contributed by atoms with Crippen LogP contribution in [0.1, 0.15) is 0 Å². The minimum atomic E-state index is 0. The van der Waals surface area contributed by atoms with Gasteiger partial charge < -0.3 is 71.0 Å². The third kappa shape index (κ3) is 1890. The van der Waals surface area contributed by atoms with Crippen LogP contribution in [-0.2, 0) is 19.8 Å². The van der Waals surface area contributed by atoms with Crippen LogP contribution in [0.4, 0.5) is 0 Å². The maximum atomic E-state index is 6.25. The molecule has 14 heavy (non-hydrogen) atoms. The van der Waals surface area contributed by atoms with Gasteiger partial charge in [0.25, 0.3) is 0 Å². The van der Waals surface area contributed by atoms with E-state index in [4.69, 9.17) is 71.0 Å². The van der Waals surface area contributed by atoms with E-state index in [1.807, 2.05) is 0 Å². The largest absolute Gasteiger partial charge is 6.00 e. The Labute approximate surface area is 140 Å². The molecule has 0 aromatic carbocycles. The summed E-state index contributed by atoms with van der Waals surface area (Å²) >= 11 is 0. The predicted molar refractivity (Wildman–Crippen MR) is 35.6 cm³/mol. The first kappa shape index (κ1) is 72.5. The van der Waals surface area contributed by atoms with Crippen molar-refractivity contribution in [3.8, 4) is 0 Å². The Kier molecular flexibility index (Phi) is 12800. The van der Waals surface area contributed by atoms with E-state index in [1.165, 1.54) is 0 Å². The summed E-state index contributed by atoms with van der Waals surface area (Å²) in [7, 11) is 0. The Morgan fingerprint density at radius 1 is 0.357 bits per heavy atom. The molecule has 0 aliphatic rings. The molecule has 0 N–H and O–H groups in total. The summed E-state index contributed by atoms with van der Waals surface area (Å²) in [4.78, 5) is 0. The van der Waals surface area contributed by atoms with Crippen molar-refractivity contribution in [3.63, 3.8) is 0 Å². The Morgan fingerprint density at radius 3 is 0.357 bits per heavy atom. The SMILES string of the molecule is [C-]#N.[C-]#N.[C-]#N.[C-]#N.[C-]#N.[C-]#N.[K].[Os+6]. The van der Waals surface area contributed by atoms with Crippen LogP contribution in [0.15, 0.2) is 0 Å². The molecule has 1 radical (unpaired) electrons. The molecule has 0 aromatic rings. The Balaban J connectivity index is -0.00000000500. The average Bonchev–Trinajstić information content (AvgIpc) is 2.33. The molecule has 6 nitrogen and oxygen atoms in total. The average molecular weight is 385 g/mol. The molecule has 0 aliphatic carbocycles. The summed E-state index contributed by atoms with van der Waals surface area (Å²) in [6.07, 6.45) is 0. The van der Waals surface area contributed by atoms with Crippen LogP contribution < -0.4 is 0 Å². The van der Waals surface area contributed by atoms with Crippen LogP contribution >= 0.6 is 0 Å². The number of hydrogen-bond donors (Lipinski definition) is 0. The number of rotatable bonds is 0. The minimum absolute atomic E-state index is 0. The molecule has 0 amide bonds. The van der Waals surface area contributed by atoms with Gasteiger partial charge in [0, 0.05) is 51.4 Å². The van der Waals surface area contributed by atoms with E-state index in [-0.39, 0.29) is 71.2 Å². The van der Waals surface area contributed by atoms with E-state index in [0.717, 1.165) is 0 Å². The summed E-state index contributed by atoms with van der Waals surface area (Å²) < 4.78 is 0. The quantitative estimate of drug-likeness (QED) is 0.430. The van der Waals surface area contributed by atoms with E-state index >= 15 is 0 Å². The van der Waals surface area contributed by atoms with Gasteiger partial charge in [0.2, 0.25) is 0 Å². The zero-order valence-electron chi connectivity index (χ0n) is 7.04. The molecule has 0 bridgehead atoms. The monoisotopic (exact) mass is 387 g/mol. The van der Waals surface area contributed by atoms with Crippen molar-refractivity contribution < 1.29 is 19.8 Å². The first-order valence-electron chi connectivity index (χ1n) is 1.34. The van der Waals surface area contributed by atoms with Gasteiger partial charge >= 0.3 is 19.8 Å². The minimum Gasteiger partial charge on any atom is -0.512 e. The summed E-state index contributed by atoms with van der Waals surface area (Å²) in [5.41, 5.74) is 0. The second-order valence-corrected chi connectivity index (χ2v) is 0.